The normalized spacial score (nSPS) is 10.8. The SMILES string of the molecule is COc1cc(-c2ccc(F)cc2)nc2c(C)noc12.COc1cc(-c2ccccc2)nc2c(C)noc12.COc1ccc(-c2cc(OC)c3onc(C)c3n2)cc1.COc1cccc(-c2cc(OC)c3onc(C)c3n2)c1.COc1ccccc1-c1cc(OC)c2onc(C)c2n1.COc1nc(-c2ccnn2C)nc2ccsc12.COc1nc(-c2nccn2C)nc2ccsc12. The number of thiophene rings is 2. The van der Waals surface area contributed by atoms with E-state index in [0.29, 0.717) is 108 Å². The largest absolute Gasteiger partial charge is 0.497 e. The number of para-hydroxylation sites is 1. The van der Waals surface area contributed by atoms with Gasteiger partial charge in [0, 0.05) is 90.8 Å². The van der Waals surface area contributed by atoms with Gasteiger partial charge in [0.1, 0.15) is 94.2 Å². The lowest BCUT2D eigenvalue weighted by atomic mass is 10.1. The van der Waals surface area contributed by atoms with Crippen LogP contribution in [0.5, 0.6) is 57.8 Å². The Kier molecular flexibility index (Phi) is 27.7. The zero-order valence-corrected chi connectivity index (χ0v) is 75.6. The minimum Gasteiger partial charge on any atom is -0.497 e. The van der Waals surface area contributed by atoms with E-state index in [1.807, 2.05) is 216 Å². The van der Waals surface area contributed by atoms with Crippen LogP contribution in [0.25, 0.3) is 155 Å². The molecule has 0 saturated heterocycles. The van der Waals surface area contributed by atoms with Crippen molar-refractivity contribution in [2.24, 2.45) is 14.1 Å². The van der Waals surface area contributed by atoms with E-state index >= 15 is 0 Å². The molecule has 664 valence electrons. The van der Waals surface area contributed by atoms with Gasteiger partial charge in [0.15, 0.2) is 46.2 Å². The van der Waals surface area contributed by atoms with Gasteiger partial charge in [-0.2, -0.15) is 15.1 Å². The van der Waals surface area contributed by atoms with Crippen LogP contribution in [-0.2, 0) is 14.1 Å². The number of rotatable bonds is 17. The highest BCUT2D eigenvalue weighted by Crippen LogP contribution is 2.40. The molecule has 0 aliphatic carbocycles. The Hall–Kier alpha value is -16.4. The Morgan fingerprint density at radius 1 is 0.328 bits per heavy atom. The molecule has 0 fully saturated rings. The molecule has 0 atom stereocenters. The van der Waals surface area contributed by atoms with Gasteiger partial charge in [0.2, 0.25) is 39.7 Å². The van der Waals surface area contributed by atoms with Gasteiger partial charge in [-0.3, -0.25) is 4.68 Å². The van der Waals surface area contributed by atoms with Crippen LogP contribution in [-0.4, -0.2) is 161 Å². The first-order chi connectivity index (χ1) is 63.8. The van der Waals surface area contributed by atoms with E-state index in [1.54, 1.807) is 129 Å². The molecule has 0 aliphatic rings. The summed E-state index contributed by atoms with van der Waals surface area (Å²) in [5.74, 6) is 8.30. The third-order valence-electron chi connectivity index (χ3n) is 20.2. The van der Waals surface area contributed by atoms with E-state index in [0.717, 1.165) is 134 Å². The van der Waals surface area contributed by atoms with E-state index in [1.165, 1.54) is 12.1 Å². The number of pyridine rings is 5. The van der Waals surface area contributed by atoms with Gasteiger partial charge in [-0.15, -0.1) is 22.7 Å². The highest BCUT2D eigenvalue weighted by molar-refractivity contribution is 7.17. The van der Waals surface area contributed by atoms with Crippen LogP contribution in [0, 0.1) is 40.4 Å². The zero-order valence-electron chi connectivity index (χ0n) is 74.0. The lowest BCUT2D eigenvalue weighted by molar-refractivity contribution is 0.391. The summed E-state index contributed by atoms with van der Waals surface area (Å²) in [4.78, 5) is 44.9. The first-order valence-corrected chi connectivity index (χ1v) is 41.9. The van der Waals surface area contributed by atoms with Crippen molar-refractivity contribution in [3.8, 4) is 137 Å². The second kappa shape index (κ2) is 40.5. The Morgan fingerprint density at radius 2 is 0.718 bits per heavy atom. The summed E-state index contributed by atoms with van der Waals surface area (Å²) in [5, 5.41) is 27.7. The van der Waals surface area contributed by atoms with Crippen LogP contribution >= 0.6 is 22.7 Å². The highest BCUT2D eigenvalue weighted by atomic mass is 32.1. The average molecular weight is 1800 g/mol. The van der Waals surface area contributed by atoms with Crippen LogP contribution in [0.15, 0.2) is 228 Å². The van der Waals surface area contributed by atoms with E-state index < -0.39 is 0 Å². The van der Waals surface area contributed by atoms with E-state index in [2.05, 4.69) is 80.7 Å². The third kappa shape index (κ3) is 19.5. The van der Waals surface area contributed by atoms with Gasteiger partial charge in [0.25, 0.3) is 0 Å². The fourth-order valence-electron chi connectivity index (χ4n) is 13.5. The van der Waals surface area contributed by atoms with Crippen molar-refractivity contribution in [3.63, 3.8) is 0 Å². The molecule has 0 unspecified atom stereocenters. The molecule has 36 heteroatoms. The number of halogens is 1. The van der Waals surface area contributed by atoms with Gasteiger partial charge in [-0.25, -0.2) is 44.3 Å². The molecular formula is C95H85FN18O15S2. The fraction of sp³-hybridized carbons (Fsp3) is 0.179. The first-order valence-electron chi connectivity index (χ1n) is 40.1. The standard InChI is InChI=1S/3C15H14N2O3.C14H11FN2O2.C14H12N2O2.2C11H10N4OS/c1-9-14-15(20-17-9)13(19-3)8-12(16-14)10-4-6-11(18-2)7-5-10;1-9-14-15(20-17-9)13(19-3)8-12(16-14)10-5-4-6-11(7-10)18-2;1-9-14-15(20-17-9)13(19-3)8-11(16-14)10-6-4-5-7-12(10)18-2;1-8-13-14(19-17-8)12(18-2)7-11(16-13)9-3-5-10(15)6-4-9;1-9-13-14(18-16-9)12(17-2)8-11(15-13)10-6-4-3-5-7-10;1-15-5-4-12-10(15)9-13-7-3-6-17-8(7)11(14-9)16-2;1-15-8(3-5-12-15)10-13-7-4-6-17-9(7)11(14-10)16-2/h3*4-8H,1-3H3;3-7H,1-2H3;3-8H,1-2H3;2*3-6H,1-2H3. The molecule has 21 rings (SSSR count). The lowest BCUT2D eigenvalue weighted by Crippen LogP contribution is -1.99. The maximum atomic E-state index is 12.9. The number of fused-ring (bicyclic) bond motifs is 7. The molecule has 0 saturated carbocycles. The molecule has 16 aromatic heterocycles. The molecule has 0 amide bonds. The summed E-state index contributed by atoms with van der Waals surface area (Å²) < 4.78 is 97.7. The van der Waals surface area contributed by atoms with Crippen molar-refractivity contribution in [1.29, 1.82) is 0 Å². The summed E-state index contributed by atoms with van der Waals surface area (Å²) >= 11 is 3.15. The number of aromatic nitrogens is 18. The van der Waals surface area contributed by atoms with E-state index in [9.17, 15) is 4.39 Å². The fourth-order valence-corrected chi connectivity index (χ4v) is 15.1. The molecule has 0 aliphatic heterocycles. The molecule has 21 aromatic rings. The van der Waals surface area contributed by atoms with E-state index in [-0.39, 0.29) is 5.82 Å². The summed E-state index contributed by atoms with van der Waals surface area (Å²) in [6.45, 7) is 9.24. The Balaban J connectivity index is 0.000000117. The molecule has 5 aromatic carbocycles. The molecule has 0 bridgehead atoms. The highest BCUT2D eigenvalue weighted by Gasteiger charge is 2.23. The van der Waals surface area contributed by atoms with Crippen LogP contribution in [0.4, 0.5) is 4.39 Å². The minimum atomic E-state index is -0.280. The predicted molar refractivity (Wildman–Crippen MR) is 495 cm³/mol. The second-order valence-electron chi connectivity index (χ2n) is 28.4. The monoisotopic (exact) mass is 1800 g/mol. The maximum Gasteiger partial charge on any atom is 0.235 e. The third-order valence-corrected chi connectivity index (χ3v) is 22.0. The van der Waals surface area contributed by atoms with Crippen molar-refractivity contribution < 1.29 is 74.4 Å². The summed E-state index contributed by atoms with van der Waals surface area (Å²) in [5.41, 5.74) is 21.2. The molecule has 0 radical (unpaired) electrons. The maximum absolute atomic E-state index is 12.9. The number of imidazole rings is 1. The number of hydrogen-bond donors (Lipinski definition) is 0. The summed E-state index contributed by atoms with van der Waals surface area (Å²) in [6.07, 6.45) is 5.31. The molecule has 16 heterocycles. The molecule has 0 N–H and O–H groups in total. The van der Waals surface area contributed by atoms with Crippen molar-refractivity contribution in [1.82, 2.24) is 90.0 Å². The number of methoxy groups -OCH3 is 10. The number of aryl methyl sites for hydroxylation is 7. The van der Waals surface area contributed by atoms with Crippen LogP contribution in [0.2, 0.25) is 0 Å². The molecule has 131 heavy (non-hydrogen) atoms. The van der Waals surface area contributed by atoms with Gasteiger partial charge < -0.3 is 74.6 Å². The van der Waals surface area contributed by atoms with Gasteiger partial charge >= 0.3 is 0 Å². The van der Waals surface area contributed by atoms with Gasteiger partial charge in [-0.1, -0.05) is 80.4 Å². The summed E-state index contributed by atoms with van der Waals surface area (Å²) in [7, 11) is 19.9. The number of nitrogens with zero attached hydrogens (tertiary/aromatic N) is 18. The number of hydrogen-bond acceptors (Lipinski definition) is 33. The lowest BCUT2D eigenvalue weighted by Gasteiger charge is -2.09. The number of ether oxygens (including phenoxy) is 10. The molecule has 0 spiro atoms. The van der Waals surface area contributed by atoms with Crippen molar-refractivity contribution in [2.75, 3.05) is 71.1 Å². The smallest absolute Gasteiger partial charge is 0.235 e. The van der Waals surface area contributed by atoms with Crippen molar-refractivity contribution >= 4 is 98.6 Å². The van der Waals surface area contributed by atoms with Crippen molar-refractivity contribution in [2.45, 2.75) is 34.6 Å². The Morgan fingerprint density at radius 3 is 1.13 bits per heavy atom. The molecule has 33 nitrogen and oxygen atoms in total. The van der Waals surface area contributed by atoms with Gasteiger partial charge in [0.05, 0.1) is 111 Å². The second-order valence-corrected chi connectivity index (χ2v) is 30.2. The van der Waals surface area contributed by atoms with Crippen molar-refractivity contribution in [3.05, 3.63) is 240 Å². The average Bonchev–Trinajstić information content (AvgIpc) is 1.68. The predicted octanol–water partition coefficient (Wildman–Crippen LogP) is 20.4. The summed E-state index contributed by atoms with van der Waals surface area (Å²) in [6, 6.07) is 54.1. The Labute approximate surface area is 755 Å². The van der Waals surface area contributed by atoms with Crippen LogP contribution in [0.1, 0.15) is 28.5 Å². The number of benzene rings is 5. The first kappa shape index (κ1) is 89.5. The Bertz CT molecular complexity index is 7420. The van der Waals surface area contributed by atoms with Gasteiger partial charge in [-0.05, 0) is 136 Å². The quantitative estimate of drug-likeness (QED) is 0.0817. The minimum absolute atomic E-state index is 0.280. The topological polar surface area (TPSA) is 374 Å². The van der Waals surface area contributed by atoms with E-state index in [4.69, 9.17) is 70.0 Å². The zero-order chi connectivity index (χ0) is 91.9. The van der Waals surface area contributed by atoms with Crippen LogP contribution < -0.4 is 47.4 Å². The molecular weight excluding hydrogens is 1720 g/mol. The van der Waals surface area contributed by atoms with Crippen LogP contribution in [0.3, 0.4) is 0 Å².